The van der Waals surface area contributed by atoms with Gasteiger partial charge in [-0.1, -0.05) is 6.92 Å². The Hall–Kier alpha value is -1.88. The summed E-state index contributed by atoms with van der Waals surface area (Å²) in [6, 6.07) is 4.99. The van der Waals surface area contributed by atoms with Crippen molar-refractivity contribution in [2.24, 2.45) is 5.73 Å². The Morgan fingerprint density at radius 2 is 2.37 bits per heavy atom. The smallest absolute Gasteiger partial charge is 0.241 e. The highest BCUT2D eigenvalue weighted by Gasteiger charge is 2.28. The second-order valence-corrected chi connectivity index (χ2v) is 5.01. The Morgan fingerprint density at radius 1 is 1.58 bits per heavy atom. The molecule has 0 saturated heterocycles. The SMILES string of the molecule is CC[C@@H](N)C(=O)Nc1ccc2oc(C3CC3)nc2c1. The quantitative estimate of drug-likeness (QED) is 0.883. The molecule has 19 heavy (non-hydrogen) atoms. The van der Waals surface area contributed by atoms with Crippen LogP contribution in [0.15, 0.2) is 22.6 Å². The van der Waals surface area contributed by atoms with E-state index in [-0.39, 0.29) is 5.91 Å². The molecule has 0 spiro atoms. The average Bonchev–Trinajstić information content (AvgIpc) is 3.17. The van der Waals surface area contributed by atoms with Gasteiger partial charge in [0.2, 0.25) is 5.91 Å². The molecule has 0 radical (unpaired) electrons. The lowest BCUT2D eigenvalue weighted by atomic mass is 10.2. The van der Waals surface area contributed by atoms with Crippen LogP contribution in [0, 0.1) is 0 Å². The first-order valence-electron chi connectivity index (χ1n) is 6.64. The number of anilines is 1. The Morgan fingerprint density at radius 3 is 3.05 bits per heavy atom. The molecule has 1 aliphatic rings. The first kappa shape index (κ1) is 12.2. The van der Waals surface area contributed by atoms with Gasteiger partial charge in [0.05, 0.1) is 6.04 Å². The topological polar surface area (TPSA) is 81.2 Å². The summed E-state index contributed by atoms with van der Waals surface area (Å²) in [7, 11) is 0. The molecule has 0 aliphatic heterocycles. The summed E-state index contributed by atoms with van der Waals surface area (Å²) in [4.78, 5) is 16.2. The predicted octanol–water partition coefficient (Wildman–Crippen LogP) is 2.38. The third-order valence-electron chi connectivity index (χ3n) is 3.37. The molecule has 1 aromatic heterocycles. The molecule has 1 heterocycles. The van der Waals surface area contributed by atoms with E-state index < -0.39 is 6.04 Å². The highest BCUT2D eigenvalue weighted by Crippen LogP contribution is 2.40. The van der Waals surface area contributed by atoms with Crippen molar-refractivity contribution in [2.75, 3.05) is 5.32 Å². The highest BCUT2D eigenvalue weighted by molar-refractivity contribution is 5.96. The van der Waals surface area contributed by atoms with Crippen molar-refractivity contribution in [3.63, 3.8) is 0 Å². The number of amides is 1. The summed E-state index contributed by atoms with van der Waals surface area (Å²) >= 11 is 0. The highest BCUT2D eigenvalue weighted by atomic mass is 16.3. The maximum Gasteiger partial charge on any atom is 0.241 e. The van der Waals surface area contributed by atoms with Crippen LogP contribution in [0.5, 0.6) is 0 Å². The zero-order valence-electron chi connectivity index (χ0n) is 10.8. The van der Waals surface area contributed by atoms with Crippen molar-refractivity contribution in [3.8, 4) is 0 Å². The normalized spacial score (nSPS) is 16.5. The first-order chi connectivity index (χ1) is 9.17. The molecular formula is C14H17N3O2. The molecule has 1 fully saturated rings. The van der Waals surface area contributed by atoms with E-state index in [0.29, 0.717) is 18.0 Å². The summed E-state index contributed by atoms with van der Waals surface area (Å²) in [6.07, 6.45) is 2.92. The van der Waals surface area contributed by atoms with E-state index in [1.54, 1.807) is 0 Å². The van der Waals surface area contributed by atoms with Crippen LogP contribution in [0.25, 0.3) is 11.1 Å². The van der Waals surface area contributed by atoms with E-state index in [0.717, 1.165) is 29.8 Å². The van der Waals surface area contributed by atoms with Crippen molar-refractivity contribution in [1.82, 2.24) is 4.98 Å². The van der Waals surface area contributed by atoms with E-state index in [1.807, 2.05) is 25.1 Å². The fourth-order valence-electron chi connectivity index (χ4n) is 1.95. The van der Waals surface area contributed by atoms with E-state index in [2.05, 4.69) is 10.3 Å². The van der Waals surface area contributed by atoms with Gasteiger partial charge < -0.3 is 15.5 Å². The minimum atomic E-state index is -0.477. The van der Waals surface area contributed by atoms with Crippen molar-refractivity contribution in [1.29, 1.82) is 0 Å². The molecule has 1 aliphatic carbocycles. The standard InChI is InChI=1S/C14H17N3O2/c1-2-10(15)13(18)16-9-5-6-12-11(7-9)17-14(19-12)8-3-4-8/h5-8,10H,2-4,15H2,1H3,(H,16,18)/t10-/m1/s1. The van der Waals surface area contributed by atoms with Gasteiger partial charge in [-0.2, -0.15) is 0 Å². The summed E-state index contributed by atoms with van der Waals surface area (Å²) < 4.78 is 5.67. The molecule has 100 valence electrons. The number of oxazole rings is 1. The molecule has 0 bridgehead atoms. The van der Waals surface area contributed by atoms with Gasteiger partial charge in [0, 0.05) is 11.6 Å². The zero-order chi connectivity index (χ0) is 13.4. The van der Waals surface area contributed by atoms with Crippen LogP contribution < -0.4 is 11.1 Å². The summed E-state index contributed by atoms with van der Waals surface area (Å²) in [5.41, 5.74) is 7.93. The van der Waals surface area contributed by atoms with Gasteiger partial charge >= 0.3 is 0 Å². The van der Waals surface area contributed by atoms with Crippen LogP contribution in [0.4, 0.5) is 5.69 Å². The third-order valence-corrected chi connectivity index (χ3v) is 3.37. The van der Waals surface area contributed by atoms with E-state index in [4.69, 9.17) is 10.2 Å². The van der Waals surface area contributed by atoms with Gasteiger partial charge in [0.15, 0.2) is 11.5 Å². The fraction of sp³-hybridized carbons (Fsp3) is 0.429. The van der Waals surface area contributed by atoms with Gasteiger partial charge in [-0.3, -0.25) is 4.79 Å². The summed E-state index contributed by atoms with van der Waals surface area (Å²) in [6.45, 7) is 1.88. The molecular weight excluding hydrogens is 242 g/mol. The molecule has 1 aromatic carbocycles. The van der Waals surface area contributed by atoms with Gasteiger partial charge in [-0.25, -0.2) is 4.98 Å². The number of fused-ring (bicyclic) bond motifs is 1. The van der Waals surface area contributed by atoms with E-state index in [9.17, 15) is 4.79 Å². The van der Waals surface area contributed by atoms with Crippen LogP contribution in [-0.4, -0.2) is 16.9 Å². The Bertz CT molecular complexity index is 616. The Balaban J connectivity index is 1.82. The van der Waals surface area contributed by atoms with Crippen molar-refractivity contribution < 1.29 is 9.21 Å². The molecule has 3 N–H and O–H groups in total. The molecule has 1 amide bonds. The lowest BCUT2D eigenvalue weighted by molar-refractivity contribution is -0.117. The van der Waals surface area contributed by atoms with Crippen LogP contribution in [0.3, 0.4) is 0 Å². The molecule has 5 nitrogen and oxygen atoms in total. The Labute approximate surface area is 111 Å². The second-order valence-electron chi connectivity index (χ2n) is 5.01. The number of hydrogen-bond acceptors (Lipinski definition) is 4. The molecule has 2 aromatic rings. The van der Waals surface area contributed by atoms with E-state index in [1.165, 1.54) is 0 Å². The van der Waals surface area contributed by atoms with Crippen LogP contribution >= 0.6 is 0 Å². The maximum absolute atomic E-state index is 11.7. The second kappa shape index (κ2) is 4.66. The number of nitrogens with zero attached hydrogens (tertiary/aromatic N) is 1. The lowest BCUT2D eigenvalue weighted by Crippen LogP contribution is -2.34. The molecule has 5 heteroatoms. The van der Waals surface area contributed by atoms with Gasteiger partial charge in [0.1, 0.15) is 5.52 Å². The molecule has 3 rings (SSSR count). The lowest BCUT2D eigenvalue weighted by Gasteiger charge is -2.09. The number of carbonyl (C=O) groups excluding carboxylic acids is 1. The predicted molar refractivity (Wildman–Crippen MR) is 72.9 cm³/mol. The monoisotopic (exact) mass is 259 g/mol. The van der Waals surface area contributed by atoms with Gasteiger partial charge in [-0.05, 0) is 37.5 Å². The largest absolute Gasteiger partial charge is 0.440 e. The number of rotatable bonds is 4. The number of aromatic nitrogens is 1. The molecule has 1 saturated carbocycles. The van der Waals surface area contributed by atoms with Crippen molar-refractivity contribution >= 4 is 22.7 Å². The van der Waals surface area contributed by atoms with Crippen molar-refractivity contribution in [2.45, 2.75) is 38.1 Å². The Kier molecular flexibility index (Phi) is 2.98. The number of carbonyl (C=O) groups is 1. The third kappa shape index (κ3) is 2.46. The maximum atomic E-state index is 11.7. The number of nitrogens with two attached hydrogens (primary N) is 1. The minimum absolute atomic E-state index is 0.173. The summed E-state index contributed by atoms with van der Waals surface area (Å²) in [5, 5.41) is 2.79. The number of hydrogen-bond donors (Lipinski definition) is 2. The van der Waals surface area contributed by atoms with Gasteiger partial charge in [0.25, 0.3) is 0 Å². The molecule has 0 unspecified atom stereocenters. The number of benzene rings is 1. The van der Waals surface area contributed by atoms with Crippen molar-refractivity contribution in [3.05, 3.63) is 24.1 Å². The average molecular weight is 259 g/mol. The van der Waals surface area contributed by atoms with E-state index >= 15 is 0 Å². The number of nitrogens with one attached hydrogen (secondary N) is 1. The van der Waals surface area contributed by atoms with Crippen LogP contribution in [0.2, 0.25) is 0 Å². The van der Waals surface area contributed by atoms with Crippen LogP contribution in [0.1, 0.15) is 38.0 Å². The first-order valence-corrected chi connectivity index (χ1v) is 6.64. The zero-order valence-corrected chi connectivity index (χ0v) is 10.8. The minimum Gasteiger partial charge on any atom is -0.440 e. The fourth-order valence-corrected chi connectivity index (χ4v) is 1.95. The molecule has 1 atom stereocenters. The summed E-state index contributed by atoms with van der Waals surface area (Å²) in [5.74, 6) is 1.12. The van der Waals surface area contributed by atoms with Gasteiger partial charge in [-0.15, -0.1) is 0 Å². The van der Waals surface area contributed by atoms with Crippen LogP contribution in [-0.2, 0) is 4.79 Å².